The van der Waals surface area contributed by atoms with Crippen molar-refractivity contribution in [2.24, 2.45) is 0 Å². The van der Waals surface area contributed by atoms with Crippen LogP contribution in [0.25, 0.3) is 16.3 Å². The van der Waals surface area contributed by atoms with Crippen LogP contribution in [-0.2, 0) is 0 Å². The summed E-state index contributed by atoms with van der Waals surface area (Å²) in [6.07, 6.45) is 1.51. The molecule has 0 spiro atoms. The van der Waals surface area contributed by atoms with Crippen LogP contribution in [0.4, 0.5) is 5.69 Å². The first-order chi connectivity index (χ1) is 13.6. The number of hydrogen-bond donors (Lipinski definition) is 1. The zero-order valence-electron chi connectivity index (χ0n) is 15.4. The van der Waals surface area contributed by atoms with Crippen molar-refractivity contribution in [1.29, 1.82) is 0 Å². The van der Waals surface area contributed by atoms with Gasteiger partial charge in [-0.15, -0.1) is 16.4 Å². The van der Waals surface area contributed by atoms with Gasteiger partial charge in [-0.25, -0.2) is 9.67 Å². The molecule has 4 aromatic rings. The van der Waals surface area contributed by atoms with Crippen LogP contribution in [0.2, 0.25) is 0 Å². The number of nitrogens with one attached hydrogen (secondary N) is 1. The van der Waals surface area contributed by atoms with Crippen LogP contribution in [0.1, 0.15) is 35.8 Å². The highest BCUT2D eigenvalue weighted by molar-refractivity contribution is 7.13. The highest BCUT2D eigenvalue weighted by Crippen LogP contribution is 2.26. The molecule has 2 heterocycles. The Labute approximate surface area is 166 Å². The summed E-state index contributed by atoms with van der Waals surface area (Å²) in [4.78, 5) is 17.0. The standard InChI is InChI=1S/C20H18N6OS/c1-13(2)14-3-5-15(6-4-14)20-23-18(11-28-20)19(27)22-16-7-9-17(10-8-16)26-12-21-24-25-26/h3-13H,1-2H3,(H,22,27). The number of rotatable bonds is 5. The van der Waals surface area contributed by atoms with Gasteiger partial charge in [0.1, 0.15) is 17.0 Å². The summed E-state index contributed by atoms with van der Waals surface area (Å²) in [5, 5.41) is 16.5. The summed E-state index contributed by atoms with van der Waals surface area (Å²) in [5.41, 5.74) is 4.18. The second kappa shape index (κ2) is 7.69. The number of carbonyl (C=O) groups is 1. The Bertz CT molecular complexity index is 1070. The fourth-order valence-corrected chi connectivity index (χ4v) is 3.50. The van der Waals surface area contributed by atoms with Gasteiger partial charge in [-0.2, -0.15) is 0 Å². The van der Waals surface area contributed by atoms with Crippen molar-refractivity contribution in [1.82, 2.24) is 25.2 Å². The highest BCUT2D eigenvalue weighted by Gasteiger charge is 2.13. The van der Waals surface area contributed by atoms with E-state index < -0.39 is 0 Å². The van der Waals surface area contributed by atoms with Gasteiger partial charge in [0.25, 0.3) is 5.91 Å². The topological polar surface area (TPSA) is 85.6 Å². The third-order valence-corrected chi connectivity index (χ3v) is 5.19. The van der Waals surface area contributed by atoms with Gasteiger partial charge in [0.15, 0.2) is 0 Å². The first-order valence-electron chi connectivity index (χ1n) is 8.81. The molecule has 0 atom stereocenters. The first-order valence-corrected chi connectivity index (χ1v) is 9.69. The van der Waals surface area contributed by atoms with E-state index in [1.54, 1.807) is 22.2 Å². The quantitative estimate of drug-likeness (QED) is 0.553. The normalized spacial score (nSPS) is 11.0. The number of aromatic nitrogens is 5. The number of hydrogen-bond acceptors (Lipinski definition) is 6. The summed E-state index contributed by atoms with van der Waals surface area (Å²) in [6.45, 7) is 4.33. The van der Waals surface area contributed by atoms with E-state index in [9.17, 15) is 4.79 Å². The van der Waals surface area contributed by atoms with Crippen molar-refractivity contribution in [3.63, 3.8) is 0 Å². The number of nitrogens with zero attached hydrogens (tertiary/aromatic N) is 5. The van der Waals surface area contributed by atoms with Gasteiger partial charge in [-0.05, 0) is 46.2 Å². The van der Waals surface area contributed by atoms with Gasteiger partial charge < -0.3 is 5.32 Å². The van der Waals surface area contributed by atoms with Gasteiger partial charge >= 0.3 is 0 Å². The molecule has 0 aliphatic heterocycles. The zero-order chi connectivity index (χ0) is 19.5. The van der Waals surface area contributed by atoms with E-state index >= 15 is 0 Å². The monoisotopic (exact) mass is 390 g/mol. The summed E-state index contributed by atoms with van der Waals surface area (Å²) < 4.78 is 1.54. The van der Waals surface area contributed by atoms with Crippen molar-refractivity contribution in [2.45, 2.75) is 19.8 Å². The average Bonchev–Trinajstić information content (AvgIpc) is 3.41. The van der Waals surface area contributed by atoms with Crippen molar-refractivity contribution < 1.29 is 4.79 Å². The predicted molar refractivity (Wildman–Crippen MR) is 109 cm³/mol. The van der Waals surface area contributed by atoms with Crippen LogP contribution in [0.3, 0.4) is 0 Å². The van der Waals surface area contributed by atoms with Crippen LogP contribution in [0, 0.1) is 0 Å². The van der Waals surface area contributed by atoms with Gasteiger partial charge in [0, 0.05) is 16.6 Å². The molecule has 1 N–H and O–H groups in total. The smallest absolute Gasteiger partial charge is 0.275 e. The molecule has 2 aromatic carbocycles. The van der Waals surface area contributed by atoms with Crippen LogP contribution in [-0.4, -0.2) is 31.1 Å². The Hall–Kier alpha value is -3.39. The molecule has 140 valence electrons. The molecule has 0 fully saturated rings. The van der Waals surface area contributed by atoms with Crippen LogP contribution in [0.15, 0.2) is 60.2 Å². The summed E-state index contributed by atoms with van der Waals surface area (Å²) >= 11 is 1.46. The average molecular weight is 390 g/mol. The molecule has 0 saturated heterocycles. The lowest BCUT2D eigenvalue weighted by atomic mass is 10.0. The van der Waals surface area contributed by atoms with Gasteiger partial charge in [0.05, 0.1) is 5.69 Å². The molecular formula is C20H18N6OS. The molecule has 0 bridgehead atoms. The fraction of sp³-hybridized carbons (Fsp3) is 0.150. The highest BCUT2D eigenvalue weighted by atomic mass is 32.1. The van der Waals surface area contributed by atoms with Crippen molar-refractivity contribution in [3.8, 4) is 16.3 Å². The molecule has 1 amide bonds. The Morgan fingerprint density at radius 1 is 1.07 bits per heavy atom. The second-order valence-corrected chi connectivity index (χ2v) is 7.43. The number of amides is 1. The maximum atomic E-state index is 12.5. The summed E-state index contributed by atoms with van der Waals surface area (Å²) in [6, 6.07) is 15.6. The lowest BCUT2D eigenvalue weighted by Crippen LogP contribution is -2.12. The molecule has 7 nitrogen and oxygen atoms in total. The third kappa shape index (κ3) is 3.81. The summed E-state index contributed by atoms with van der Waals surface area (Å²) in [5.74, 6) is 0.246. The molecule has 0 saturated carbocycles. The maximum Gasteiger partial charge on any atom is 0.275 e. The number of tetrazole rings is 1. The number of anilines is 1. The maximum absolute atomic E-state index is 12.5. The van der Waals surface area contributed by atoms with E-state index in [-0.39, 0.29) is 5.91 Å². The van der Waals surface area contributed by atoms with Crippen molar-refractivity contribution >= 4 is 22.9 Å². The van der Waals surface area contributed by atoms with Gasteiger partial charge in [-0.1, -0.05) is 38.1 Å². The largest absolute Gasteiger partial charge is 0.321 e. The molecule has 28 heavy (non-hydrogen) atoms. The first kappa shape index (κ1) is 18.0. The minimum absolute atomic E-state index is 0.239. The van der Waals surface area contributed by atoms with E-state index in [1.807, 2.05) is 24.3 Å². The second-order valence-electron chi connectivity index (χ2n) is 6.57. The molecule has 0 radical (unpaired) electrons. The lowest BCUT2D eigenvalue weighted by molar-refractivity contribution is 0.102. The Morgan fingerprint density at radius 2 is 1.82 bits per heavy atom. The number of carbonyl (C=O) groups excluding carboxylic acids is 1. The molecule has 2 aromatic heterocycles. The van der Waals surface area contributed by atoms with E-state index in [0.717, 1.165) is 16.3 Å². The zero-order valence-corrected chi connectivity index (χ0v) is 16.2. The molecule has 8 heteroatoms. The molecule has 0 aliphatic carbocycles. The number of benzene rings is 2. The summed E-state index contributed by atoms with van der Waals surface area (Å²) in [7, 11) is 0. The lowest BCUT2D eigenvalue weighted by Gasteiger charge is -2.05. The fourth-order valence-electron chi connectivity index (χ4n) is 2.69. The molecule has 4 rings (SSSR count). The third-order valence-electron chi connectivity index (χ3n) is 4.30. The van der Waals surface area contributed by atoms with Gasteiger partial charge in [0.2, 0.25) is 0 Å². The SMILES string of the molecule is CC(C)c1ccc(-c2nc(C(=O)Nc3ccc(-n4cnnn4)cc3)cs2)cc1. The molecular weight excluding hydrogens is 372 g/mol. The Balaban J connectivity index is 1.45. The van der Waals surface area contributed by atoms with Crippen LogP contribution in [0.5, 0.6) is 0 Å². The van der Waals surface area contributed by atoms with E-state index in [0.29, 0.717) is 17.3 Å². The number of thiazole rings is 1. The van der Waals surface area contributed by atoms with E-state index in [1.165, 1.54) is 23.2 Å². The molecule has 0 aliphatic rings. The van der Waals surface area contributed by atoms with Gasteiger partial charge in [-0.3, -0.25) is 4.79 Å². The molecule has 0 unspecified atom stereocenters. The van der Waals surface area contributed by atoms with Crippen LogP contribution >= 0.6 is 11.3 Å². The minimum atomic E-state index is -0.239. The predicted octanol–water partition coefficient (Wildman–Crippen LogP) is 4.16. The van der Waals surface area contributed by atoms with Crippen LogP contribution < -0.4 is 5.32 Å². The van der Waals surface area contributed by atoms with Crippen molar-refractivity contribution in [3.05, 3.63) is 71.5 Å². The Kier molecular flexibility index (Phi) is 4.94. The minimum Gasteiger partial charge on any atom is -0.321 e. The van der Waals surface area contributed by atoms with E-state index in [2.05, 4.69) is 51.8 Å². The van der Waals surface area contributed by atoms with E-state index in [4.69, 9.17) is 0 Å². The Morgan fingerprint density at radius 3 is 2.46 bits per heavy atom. The van der Waals surface area contributed by atoms with Crippen molar-refractivity contribution in [2.75, 3.05) is 5.32 Å².